The Morgan fingerprint density at radius 3 is 2.80 bits per heavy atom. The average molecular weight is 298 g/mol. The Morgan fingerprint density at radius 1 is 1.50 bits per heavy atom. The first kappa shape index (κ1) is 15.4. The van der Waals surface area contributed by atoms with Gasteiger partial charge in [0.2, 0.25) is 0 Å². The van der Waals surface area contributed by atoms with Crippen LogP contribution in [0.1, 0.15) is 40.1 Å². The smallest absolute Gasteiger partial charge is 0.355 e. The molecule has 0 aromatic carbocycles. The number of hydrogen-bond donors (Lipinski definition) is 1. The molecule has 1 aliphatic rings. The highest BCUT2D eigenvalue weighted by Crippen LogP contribution is 2.24. The van der Waals surface area contributed by atoms with E-state index in [9.17, 15) is 9.90 Å². The van der Waals surface area contributed by atoms with Crippen molar-refractivity contribution >= 4 is 17.3 Å². The third-order valence-electron chi connectivity index (χ3n) is 3.71. The Bertz CT molecular complexity index is 453. The summed E-state index contributed by atoms with van der Waals surface area (Å²) in [7, 11) is 1.64. The van der Waals surface area contributed by atoms with Crippen LogP contribution in [0, 0.1) is 5.92 Å². The molecule has 1 N–H and O–H groups in total. The van der Waals surface area contributed by atoms with Crippen LogP contribution in [-0.2, 0) is 17.7 Å². The molecule has 1 aliphatic heterocycles. The molecule has 0 bridgehead atoms. The average Bonchev–Trinajstić information content (AvgIpc) is 2.82. The van der Waals surface area contributed by atoms with Gasteiger partial charge in [0.15, 0.2) is 5.69 Å². The molecule has 0 spiro atoms. The maximum atomic E-state index is 11.3. The molecular formula is C14H22N2O3S. The highest BCUT2D eigenvalue weighted by Gasteiger charge is 2.22. The number of carboxylic acid groups (broad SMARTS) is 1. The van der Waals surface area contributed by atoms with Crippen molar-refractivity contribution in [1.82, 2.24) is 9.88 Å². The predicted octanol–water partition coefficient (Wildman–Crippen LogP) is 2.26. The topological polar surface area (TPSA) is 62.7 Å². The molecule has 2 heterocycles. The number of nitrogens with zero attached hydrogens (tertiary/aromatic N) is 2. The summed E-state index contributed by atoms with van der Waals surface area (Å²) in [5.41, 5.74) is 0.222. The van der Waals surface area contributed by atoms with Crippen LogP contribution in [0.3, 0.4) is 0 Å². The van der Waals surface area contributed by atoms with Gasteiger partial charge in [-0.25, -0.2) is 9.78 Å². The van der Waals surface area contributed by atoms with Crippen molar-refractivity contribution in [1.29, 1.82) is 0 Å². The van der Waals surface area contributed by atoms with Crippen molar-refractivity contribution < 1.29 is 14.6 Å². The van der Waals surface area contributed by atoms with E-state index in [-0.39, 0.29) is 5.69 Å². The molecular weight excluding hydrogens is 276 g/mol. The molecule has 0 amide bonds. The monoisotopic (exact) mass is 298 g/mol. The fourth-order valence-corrected chi connectivity index (χ4v) is 3.48. The highest BCUT2D eigenvalue weighted by molar-refractivity contribution is 7.11. The second-order valence-electron chi connectivity index (χ2n) is 5.39. The lowest BCUT2D eigenvalue weighted by molar-refractivity contribution is 0.0688. The predicted molar refractivity (Wildman–Crippen MR) is 78.3 cm³/mol. The third kappa shape index (κ3) is 4.01. The Morgan fingerprint density at radius 2 is 2.20 bits per heavy atom. The van der Waals surface area contributed by atoms with Crippen LogP contribution >= 0.6 is 11.3 Å². The first-order valence-corrected chi connectivity index (χ1v) is 7.85. The van der Waals surface area contributed by atoms with Gasteiger partial charge in [-0.05, 0) is 31.8 Å². The second-order valence-corrected chi connectivity index (χ2v) is 6.55. The van der Waals surface area contributed by atoms with Gasteiger partial charge in [-0.2, -0.15) is 0 Å². The molecule has 1 aromatic rings. The van der Waals surface area contributed by atoms with E-state index in [4.69, 9.17) is 4.74 Å². The lowest BCUT2D eigenvalue weighted by atomic mass is 9.99. The Hall–Kier alpha value is -0.980. The normalized spacial score (nSPS) is 17.5. The number of thiazole rings is 1. The summed E-state index contributed by atoms with van der Waals surface area (Å²) < 4.78 is 5.03. The van der Waals surface area contributed by atoms with Gasteiger partial charge in [0.25, 0.3) is 0 Å². The molecule has 6 heteroatoms. The molecule has 0 atom stereocenters. The quantitative estimate of drug-likeness (QED) is 0.873. The number of piperidine rings is 1. The van der Waals surface area contributed by atoms with Crippen LogP contribution in [0.4, 0.5) is 0 Å². The number of carbonyl (C=O) groups is 1. The lowest BCUT2D eigenvalue weighted by Crippen LogP contribution is -2.32. The highest BCUT2D eigenvalue weighted by atomic mass is 32.1. The maximum Gasteiger partial charge on any atom is 0.355 e. The van der Waals surface area contributed by atoms with E-state index in [2.05, 4.69) is 16.8 Å². The van der Waals surface area contributed by atoms with Crippen LogP contribution in [0.2, 0.25) is 0 Å². The summed E-state index contributed by atoms with van der Waals surface area (Å²) in [5, 5.41) is 10.1. The molecule has 5 nitrogen and oxygen atoms in total. The van der Waals surface area contributed by atoms with Gasteiger partial charge in [-0.1, -0.05) is 6.92 Å². The van der Waals surface area contributed by atoms with Crippen molar-refractivity contribution in [3.8, 4) is 0 Å². The van der Waals surface area contributed by atoms with E-state index in [1.54, 1.807) is 7.11 Å². The summed E-state index contributed by atoms with van der Waals surface area (Å²) in [6.45, 7) is 5.65. The van der Waals surface area contributed by atoms with Gasteiger partial charge in [-0.15, -0.1) is 11.3 Å². The van der Waals surface area contributed by atoms with Crippen molar-refractivity contribution in [2.45, 2.75) is 32.7 Å². The van der Waals surface area contributed by atoms with Crippen molar-refractivity contribution in [3.05, 3.63) is 15.6 Å². The van der Waals surface area contributed by atoms with Gasteiger partial charge in [-0.3, -0.25) is 4.90 Å². The number of aromatic carboxylic acids is 1. The summed E-state index contributed by atoms with van der Waals surface area (Å²) in [4.78, 5) is 18.7. The van der Waals surface area contributed by atoms with E-state index in [1.165, 1.54) is 24.2 Å². The zero-order valence-electron chi connectivity index (χ0n) is 12.1. The minimum atomic E-state index is -0.926. The fraction of sp³-hybridized carbons (Fsp3) is 0.714. The van der Waals surface area contributed by atoms with Crippen LogP contribution in [-0.4, -0.2) is 47.8 Å². The standard InChI is InChI=1S/C14H22N2O3S/c1-10-3-6-16(7-4-10)9-11-13(14(17)18)15-12(20-11)5-8-19-2/h10H,3-9H2,1-2H3,(H,17,18). The van der Waals surface area contributed by atoms with E-state index in [0.717, 1.165) is 28.9 Å². The second kappa shape index (κ2) is 7.15. The Labute approximate surface area is 123 Å². The van der Waals surface area contributed by atoms with Gasteiger partial charge in [0, 0.05) is 20.1 Å². The molecule has 0 aliphatic carbocycles. The van der Waals surface area contributed by atoms with E-state index in [0.29, 0.717) is 19.6 Å². The number of methoxy groups -OCH3 is 1. The zero-order chi connectivity index (χ0) is 14.5. The molecule has 112 valence electrons. The lowest BCUT2D eigenvalue weighted by Gasteiger charge is -2.29. The van der Waals surface area contributed by atoms with Crippen LogP contribution in [0.5, 0.6) is 0 Å². The van der Waals surface area contributed by atoms with Crippen LogP contribution in [0.25, 0.3) is 0 Å². The van der Waals surface area contributed by atoms with E-state index >= 15 is 0 Å². The Kier molecular flexibility index (Phi) is 5.51. The molecule has 0 saturated carbocycles. The molecule has 1 saturated heterocycles. The first-order chi connectivity index (χ1) is 9.60. The number of carboxylic acids is 1. The first-order valence-electron chi connectivity index (χ1n) is 7.03. The van der Waals surface area contributed by atoms with E-state index < -0.39 is 5.97 Å². The van der Waals surface area contributed by atoms with Crippen molar-refractivity contribution in [2.75, 3.05) is 26.8 Å². The number of likely N-dealkylation sites (tertiary alicyclic amines) is 1. The fourth-order valence-electron chi connectivity index (χ4n) is 2.39. The SMILES string of the molecule is COCCc1nc(C(=O)O)c(CN2CCC(C)CC2)s1. The minimum Gasteiger partial charge on any atom is -0.476 e. The van der Waals surface area contributed by atoms with Crippen LogP contribution < -0.4 is 0 Å². The molecule has 0 unspecified atom stereocenters. The van der Waals surface area contributed by atoms with Crippen molar-refractivity contribution in [3.63, 3.8) is 0 Å². The Balaban J connectivity index is 2.05. The number of rotatable bonds is 6. The number of ether oxygens (including phenoxy) is 1. The molecule has 20 heavy (non-hydrogen) atoms. The molecule has 0 radical (unpaired) electrons. The summed E-state index contributed by atoms with van der Waals surface area (Å²) in [6, 6.07) is 0. The van der Waals surface area contributed by atoms with Gasteiger partial charge >= 0.3 is 5.97 Å². The molecule has 1 fully saturated rings. The van der Waals surface area contributed by atoms with Crippen LogP contribution in [0.15, 0.2) is 0 Å². The summed E-state index contributed by atoms with van der Waals surface area (Å²) in [5.74, 6) is -0.144. The minimum absolute atomic E-state index is 0.222. The van der Waals surface area contributed by atoms with Gasteiger partial charge < -0.3 is 9.84 Å². The van der Waals surface area contributed by atoms with E-state index in [1.807, 2.05) is 0 Å². The number of hydrogen-bond acceptors (Lipinski definition) is 5. The van der Waals surface area contributed by atoms with Gasteiger partial charge in [0.1, 0.15) is 0 Å². The summed E-state index contributed by atoms with van der Waals surface area (Å²) in [6.07, 6.45) is 3.06. The zero-order valence-corrected chi connectivity index (χ0v) is 12.9. The van der Waals surface area contributed by atoms with Crippen molar-refractivity contribution in [2.24, 2.45) is 5.92 Å². The summed E-state index contributed by atoms with van der Waals surface area (Å²) >= 11 is 1.51. The number of aromatic nitrogens is 1. The third-order valence-corrected chi connectivity index (χ3v) is 4.81. The molecule has 2 rings (SSSR count). The largest absolute Gasteiger partial charge is 0.476 e. The molecule has 1 aromatic heterocycles. The van der Waals surface area contributed by atoms with Gasteiger partial charge in [0.05, 0.1) is 16.5 Å². The maximum absolute atomic E-state index is 11.3.